The van der Waals surface area contributed by atoms with Gasteiger partial charge in [0.05, 0.1) is 24.1 Å². The molecule has 0 radical (unpaired) electrons. The number of carbonyl (C=O) groups excluding carboxylic acids is 2. The van der Waals surface area contributed by atoms with Crippen molar-refractivity contribution in [2.75, 3.05) is 0 Å². The monoisotopic (exact) mass is 453 g/mol. The zero-order valence-electron chi connectivity index (χ0n) is 17.5. The smallest absolute Gasteiger partial charge is 0.344 e. The predicted molar refractivity (Wildman–Crippen MR) is 117 cm³/mol. The molecule has 0 bridgehead atoms. The van der Waals surface area contributed by atoms with Crippen molar-refractivity contribution in [2.24, 2.45) is 0 Å². The largest absolute Gasteiger partial charge is 0.416 e. The molecule has 1 saturated heterocycles. The lowest BCUT2D eigenvalue weighted by molar-refractivity contribution is -0.137. The second kappa shape index (κ2) is 9.46. The van der Waals surface area contributed by atoms with Crippen LogP contribution in [0.25, 0.3) is 0 Å². The van der Waals surface area contributed by atoms with Crippen LogP contribution in [0.1, 0.15) is 40.9 Å². The van der Waals surface area contributed by atoms with E-state index in [1.165, 1.54) is 12.1 Å². The van der Waals surface area contributed by atoms with Crippen LogP contribution in [0.15, 0.2) is 84.9 Å². The maximum Gasteiger partial charge on any atom is 0.416 e. The highest BCUT2D eigenvalue weighted by Crippen LogP contribution is 2.31. The molecule has 3 N–H and O–H groups in total. The van der Waals surface area contributed by atoms with Crippen molar-refractivity contribution in [2.45, 2.75) is 30.8 Å². The molecule has 0 spiro atoms. The Bertz CT molecular complexity index is 1100. The summed E-state index contributed by atoms with van der Waals surface area (Å²) < 4.78 is 39.0. The van der Waals surface area contributed by atoms with E-state index >= 15 is 0 Å². The minimum Gasteiger partial charge on any atom is -0.344 e. The number of hydrogen-bond acceptors (Lipinski definition) is 3. The summed E-state index contributed by atoms with van der Waals surface area (Å²) in [7, 11) is 0. The van der Waals surface area contributed by atoms with E-state index in [1.807, 2.05) is 36.4 Å². The molecule has 8 heteroatoms. The van der Waals surface area contributed by atoms with Gasteiger partial charge < -0.3 is 10.6 Å². The van der Waals surface area contributed by atoms with Gasteiger partial charge in [-0.25, -0.2) is 0 Å². The molecule has 1 aliphatic rings. The Hall–Kier alpha value is -3.65. The van der Waals surface area contributed by atoms with Gasteiger partial charge >= 0.3 is 6.18 Å². The summed E-state index contributed by atoms with van der Waals surface area (Å²) in [5, 5.41) is 8.87. The molecule has 0 aromatic heterocycles. The third kappa shape index (κ3) is 5.40. The lowest BCUT2D eigenvalue weighted by atomic mass is 9.96. The zero-order valence-corrected chi connectivity index (χ0v) is 17.5. The summed E-state index contributed by atoms with van der Waals surface area (Å²) in [5.41, 5.74) is 1.26. The molecule has 1 aliphatic heterocycles. The summed E-state index contributed by atoms with van der Waals surface area (Å²) in [6.07, 6.45) is -5.02. The number of hydrogen-bond donors (Lipinski definition) is 3. The molecule has 2 amide bonds. The van der Waals surface area contributed by atoms with Crippen LogP contribution < -0.4 is 16.0 Å². The first kappa shape index (κ1) is 22.5. The maximum absolute atomic E-state index is 13.2. The SMILES string of the molecule is O=C1CC(C(=O)NC(c2ccccc2)c2ccc(C(F)(F)F)cc2)NC(c2ccccc2)N1. The van der Waals surface area contributed by atoms with Crippen molar-refractivity contribution >= 4 is 11.8 Å². The molecule has 3 atom stereocenters. The van der Waals surface area contributed by atoms with Gasteiger partial charge in [0.1, 0.15) is 6.17 Å². The van der Waals surface area contributed by atoms with Crippen LogP contribution in [0.3, 0.4) is 0 Å². The number of rotatable bonds is 5. The summed E-state index contributed by atoms with van der Waals surface area (Å²) in [6, 6.07) is 21.4. The van der Waals surface area contributed by atoms with Crippen LogP contribution in [0.2, 0.25) is 0 Å². The fourth-order valence-corrected chi connectivity index (χ4v) is 3.81. The maximum atomic E-state index is 13.2. The molecule has 1 fully saturated rings. The van der Waals surface area contributed by atoms with Gasteiger partial charge in [0.2, 0.25) is 11.8 Å². The number of benzene rings is 3. The van der Waals surface area contributed by atoms with Gasteiger partial charge in [-0.05, 0) is 28.8 Å². The highest BCUT2D eigenvalue weighted by atomic mass is 19.4. The Morgan fingerprint density at radius 2 is 1.45 bits per heavy atom. The first-order chi connectivity index (χ1) is 15.8. The lowest BCUT2D eigenvalue weighted by Gasteiger charge is -2.32. The van der Waals surface area contributed by atoms with Crippen LogP contribution in [0, 0.1) is 0 Å². The molecular weight excluding hydrogens is 431 g/mol. The number of nitrogens with one attached hydrogen (secondary N) is 3. The van der Waals surface area contributed by atoms with Gasteiger partial charge in [-0.3, -0.25) is 14.9 Å². The molecule has 33 heavy (non-hydrogen) atoms. The standard InChI is InChI=1S/C25H22F3N3O2/c26-25(27,28)19-13-11-17(12-14-19)22(16-7-3-1-4-8-16)31-24(33)20-15-21(32)30-23(29-20)18-9-5-2-6-10-18/h1-14,20,22-23,29H,15H2,(H,30,32)(H,31,33). The molecule has 0 saturated carbocycles. The minimum atomic E-state index is -4.45. The van der Waals surface area contributed by atoms with Gasteiger partial charge in [-0.1, -0.05) is 72.8 Å². The van der Waals surface area contributed by atoms with Crippen LogP contribution in [-0.4, -0.2) is 17.9 Å². The molecule has 4 rings (SSSR count). The van der Waals surface area contributed by atoms with E-state index in [1.54, 1.807) is 24.3 Å². The van der Waals surface area contributed by atoms with Gasteiger partial charge in [-0.2, -0.15) is 13.2 Å². The Morgan fingerprint density at radius 1 is 0.879 bits per heavy atom. The Balaban J connectivity index is 1.57. The molecule has 170 valence electrons. The van der Waals surface area contributed by atoms with E-state index in [0.29, 0.717) is 11.1 Å². The fraction of sp³-hybridized carbons (Fsp3) is 0.200. The highest BCUT2D eigenvalue weighted by Gasteiger charge is 2.33. The average Bonchev–Trinajstić information content (AvgIpc) is 2.82. The van der Waals surface area contributed by atoms with E-state index in [-0.39, 0.29) is 12.3 Å². The van der Waals surface area contributed by atoms with E-state index in [4.69, 9.17) is 0 Å². The Labute approximate surface area is 189 Å². The third-order valence-electron chi connectivity index (χ3n) is 5.50. The van der Waals surface area contributed by atoms with Crippen molar-refractivity contribution in [3.8, 4) is 0 Å². The highest BCUT2D eigenvalue weighted by molar-refractivity contribution is 5.90. The van der Waals surface area contributed by atoms with Crippen molar-refractivity contribution in [3.63, 3.8) is 0 Å². The van der Waals surface area contributed by atoms with E-state index in [2.05, 4.69) is 16.0 Å². The number of amides is 2. The predicted octanol–water partition coefficient (Wildman–Crippen LogP) is 4.09. The van der Waals surface area contributed by atoms with Crippen molar-refractivity contribution < 1.29 is 22.8 Å². The quantitative estimate of drug-likeness (QED) is 0.545. The van der Waals surface area contributed by atoms with Crippen LogP contribution in [-0.2, 0) is 15.8 Å². The Kier molecular flexibility index (Phi) is 6.46. The number of alkyl halides is 3. The van der Waals surface area contributed by atoms with Crippen molar-refractivity contribution in [1.82, 2.24) is 16.0 Å². The normalized spacial score (nSPS) is 19.4. The minimum absolute atomic E-state index is 0.0519. The summed E-state index contributed by atoms with van der Waals surface area (Å²) in [6.45, 7) is 0. The van der Waals surface area contributed by atoms with Crippen LogP contribution >= 0.6 is 0 Å². The summed E-state index contributed by atoms with van der Waals surface area (Å²) in [5.74, 6) is -0.687. The molecule has 5 nitrogen and oxygen atoms in total. The van der Waals surface area contributed by atoms with E-state index in [0.717, 1.165) is 17.7 Å². The summed E-state index contributed by atoms with van der Waals surface area (Å²) in [4.78, 5) is 25.5. The lowest BCUT2D eigenvalue weighted by Crippen LogP contribution is -2.56. The van der Waals surface area contributed by atoms with Gasteiger partial charge in [0.25, 0.3) is 0 Å². The van der Waals surface area contributed by atoms with Gasteiger partial charge in [0, 0.05) is 0 Å². The number of halogens is 3. The third-order valence-corrected chi connectivity index (χ3v) is 5.50. The van der Waals surface area contributed by atoms with Gasteiger partial charge in [-0.15, -0.1) is 0 Å². The topological polar surface area (TPSA) is 70.2 Å². The number of carbonyl (C=O) groups is 2. The first-order valence-electron chi connectivity index (χ1n) is 10.4. The van der Waals surface area contributed by atoms with Crippen LogP contribution in [0.5, 0.6) is 0 Å². The first-order valence-corrected chi connectivity index (χ1v) is 10.4. The summed E-state index contributed by atoms with van der Waals surface area (Å²) >= 11 is 0. The molecular formula is C25H22F3N3O2. The molecule has 1 heterocycles. The van der Waals surface area contributed by atoms with Crippen molar-refractivity contribution in [1.29, 1.82) is 0 Å². The van der Waals surface area contributed by atoms with Gasteiger partial charge in [0.15, 0.2) is 0 Å². The van der Waals surface area contributed by atoms with E-state index in [9.17, 15) is 22.8 Å². The zero-order chi connectivity index (χ0) is 23.4. The second-order valence-electron chi connectivity index (χ2n) is 7.81. The second-order valence-corrected chi connectivity index (χ2v) is 7.81. The Morgan fingerprint density at radius 3 is 2.06 bits per heavy atom. The molecule has 3 aromatic rings. The van der Waals surface area contributed by atoms with E-state index < -0.39 is 35.9 Å². The average molecular weight is 453 g/mol. The van der Waals surface area contributed by atoms with Crippen LogP contribution in [0.4, 0.5) is 13.2 Å². The fourth-order valence-electron chi connectivity index (χ4n) is 3.81. The molecule has 0 aliphatic carbocycles. The molecule has 3 aromatic carbocycles. The molecule has 3 unspecified atom stereocenters. The van der Waals surface area contributed by atoms with Crippen molar-refractivity contribution in [3.05, 3.63) is 107 Å².